The number of hydrogen-bond acceptors (Lipinski definition) is 2. The SMILES string of the molecule is CC(C)C(F)(F)C(F)N1CC(C(F)(F)F)OC(C(F)(F)F)C1. The summed E-state index contributed by atoms with van der Waals surface area (Å²) in [4.78, 5) is -0.167. The fraction of sp³-hybridized carbons (Fsp3) is 1.00. The van der Waals surface area contributed by atoms with Crippen LogP contribution in [0.15, 0.2) is 0 Å². The Morgan fingerprint density at radius 2 is 1.23 bits per heavy atom. The summed E-state index contributed by atoms with van der Waals surface area (Å²) in [6.45, 7) is -1.04. The minimum absolute atomic E-state index is 0.167. The Hall–Kier alpha value is -0.710. The Morgan fingerprint density at radius 1 is 0.864 bits per heavy atom. The van der Waals surface area contributed by atoms with Gasteiger partial charge in [0, 0.05) is 19.0 Å². The topological polar surface area (TPSA) is 12.5 Å². The normalized spacial score (nSPS) is 27.3. The van der Waals surface area contributed by atoms with E-state index in [1.54, 1.807) is 0 Å². The van der Waals surface area contributed by atoms with Crippen LogP contribution in [0.25, 0.3) is 0 Å². The molecule has 1 aliphatic rings. The first kappa shape index (κ1) is 19.3. The van der Waals surface area contributed by atoms with Crippen LogP contribution >= 0.6 is 0 Å². The molecular formula is C11H14F9NO. The van der Waals surface area contributed by atoms with Gasteiger partial charge in [-0.05, 0) is 0 Å². The van der Waals surface area contributed by atoms with Crippen molar-refractivity contribution in [3.05, 3.63) is 0 Å². The molecule has 1 saturated heterocycles. The highest BCUT2D eigenvalue weighted by atomic mass is 19.4. The van der Waals surface area contributed by atoms with Crippen LogP contribution in [0.4, 0.5) is 39.5 Å². The third-order valence-corrected chi connectivity index (χ3v) is 3.27. The van der Waals surface area contributed by atoms with E-state index in [0.29, 0.717) is 0 Å². The molecule has 1 rings (SSSR count). The van der Waals surface area contributed by atoms with Gasteiger partial charge in [-0.3, -0.25) is 4.90 Å². The zero-order valence-corrected chi connectivity index (χ0v) is 11.5. The highest BCUT2D eigenvalue weighted by molar-refractivity contribution is 4.90. The maximum atomic E-state index is 13.8. The Bertz CT molecular complexity index is 357. The zero-order valence-electron chi connectivity index (χ0n) is 11.5. The number of nitrogens with zero attached hydrogens (tertiary/aromatic N) is 1. The highest BCUT2D eigenvalue weighted by Crippen LogP contribution is 2.38. The monoisotopic (exact) mass is 347 g/mol. The van der Waals surface area contributed by atoms with E-state index in [0.717, 1.165) is 13.8 Å². The Balaban J connectivity index is 3.03. The number of alkyl halides is 9. The van der Waals surface area contributed by atoms with Crippen LogP contribution in [0.5, 0.6) is 0 Å². The fourth-order valence-electron chi connectivity index (χ4n) is 1.85. The van der Waals surface area contributed by atoms with Crippen molar-refractivity contribution in [1.29, 1.82) is 0 Å². The fourth-order valence-corrected chi connectivity index (χ4v) is 1.85. The largest absolute Gasteiger partial charge is 0.415 e. The molecule has 0 aromatic carbocycles. The van der Waals surface area contributed by atoms with E-state index in [-0.39, 0.29) is 4.90 Å². The lowest BCUT2D eigenvalue weighted by molar-refractivity contribution is -0.319. The van der Waals surface area contributed by atoms with Gasteiger partial charge in [0.15, 0.2) is 12.2 Å². The molecule has 0 spiro atoms. The van der Waals surface area contributed by atoms with Gasteiger partial charge in [0.05, 0.1) is 0 Å². The number of rotatable bonds is 3. The molecule has 0 aliphatic carbocycles. The summed E-state index contributed by atoms with van der Waals surface area (Å²) in [5, 5.41) is 0. The van der Waals surface area contributed by atoms with Crippen LogP contribution in [0.2, 0.25) is 0 Å². The van der Waals surface area contributed by atoms with Crippen molar-refractivity contribution in [2.45, 2.75) is 50.6 Å². The lowest BCUT2D eigenvalue weighted by Crippen LogP contribution is -2.61. The molecule has 1 fully saturated rings. The molecule has 1 heterocycles. The summed E-state index contributed by atoms with van der Waals surface area (Å²) in [7, 11) is 0. The summed E-state index contributed by atoms with van der Waals surface area (Å²) >= 11 is 0. The molecule has 0 saturated carbocycles. The van der Waals surface area contributed by atoms with E-state index in [4.69, 9.17) is 0 Å². The molecule has 3 atom stereocenters. The second kappa shape index (κ2) is 6.06. The van der Waals surface area contributed by atoms with Crippen LogP contribution in [-0.4, -0.2) is 54.8 Å². The van der Waals surface area contributed by atoms with Gasteiger partial charge >= 0.3 is 12.4 Å². The summed E-state index contributed by atoms with van der Waals surface area (Å²) < 4.78 is 120. The van der Waals surface area contributed by atoms with Crippen LogP contribution in [0, 0.1) is 5.92 Å². The minimum Gasteiger partial charge on any atom is -0.353 e. The third kappa shape index (κ3) is 4.18. The van der Waals surface area contributed by atoms with E-state index < -0.39 is 55.8 Å². The number of hydrogen-bond donors (Lipinski definition) is 0. The molecule has 1 aliphatic heterocycles. The molecule has 0 bridgehead atoms. The van der Waals surface area contributed by atoms with E-state index in [9.17, 15) is 39.5 Å². The second-order valence-corrected chi connectivity index (χ2v) is 5.32. The van der Waals surface area contributed by atoms with Crippen molar-refractivity contribution < 1.29 is 44.3 Å². The highest BCUT2D eigenvalue weighted by Gasteiger charge is 2.57. The smallest absolute Gasteiger partial charge is 0.353 e. The van der Waals surface area contributed by atoms with Gasteiger partial charge in [0.25, 0.3) is 5.92 Å². The van der Waals surface area contributed by atoms with E-state index in [1.165, 1.54) is 0 Å². The van der Waals surface area contributed by atoms with Gasteiger partial charge in [-0.1, -0.05) is 13.8 Å². The van der Waals surface area contributed by atoms with Gasteiger partial charge in [-0.25, -0.2) is 13.2 Å². The lowest BCUT2D eigenvalue weighted by atomic mass is 10.0. The van der Waals surface area contributed by atoms with Crippen molar-refractivity contribution in [2.75, 3.05) is 13.1 Å². The summed E-state index contributed by atoms with van der Waals surface area (Å²) in [6.07, 6.45) is -19.7. The first-order chi connectivity index (χ1) is 9.67. The van der Waals surface area contributed by atoms with Gasteiger partial charge in [0.2, 0.25) is 6.30 Å². The molecule has 2 nitrogen and oxygen atoms in total. The van der Waals surface area contributed by atoms with Gasteiger partial charge in [-0.15, -0.1) is 0 Å². The number of halogens is 9. The average molecular weight is 347 g/mol. The first-order valence-corrected chi connectivity index (χ1v) is 6.22. The van der Waals surface area contributed by atoms with Crippen LogP contribution in [0.1, 0.15) is 13.8 Å². The summed E-state index contributed by atoms with van der Waals surface area (Å²) in [6, 6.07) is 0. The third-order valence-electron chi connectivity index (χ3n) is 3.27. The minimum atomic E-state index is -5.23. The first-order valence-electron chi connectivity index (χ1n) is 6.22. The molecular weight excluding hydrogens is 333 g/mol. The molecule has 0 N–H and O–H groups in total. The number of ether oxygens (including phenoxy) is 1. The van der Waals surface area contributed by atoms with Crippen LogP contribution in [0.3, 0.4) is 0 Å². The predicted molar refractivity (Wildman–Crippen MR) is 57.0 cm³/mol. The Kier molecular flexibility index (Phi) is 5.33. The van der Waals surface area contributed by atoms with E-state index >= 15 is 0 Å². The quantitative estimate of drug-likeness (QED) is 0.569. The zero-order chi connectivity index (χ0) is 17.5. The van der Waals surface area contributed by atoms with E-state index in [2.05, 4.69) is 4.74 Å². The molecule has 0 aromatic heterocycles. The maximum Gasteiger partial charge on any atom is 0.415 e. The summed E-state index contributed by atoms with van der Waals surface area (Å²) in [5.41, 5.74) is 0. The molecule has 22 heavy (non-hydrogen) atoms. The van der Waals surface area contributed by atoms with Crippen molar-refractivity contribution in [3.8, 4) is 0 Å². The Morgan fingerprint density at radius 3 is 1.50 bits per heavy atom. The predicted octanol–water partition coefficient (Wildman–Crippen LogP) is 3.77. The molecule has 11 heteroatoms. The molecule has 0 aromatic rings. The number of morpholine rings is 1. The van der Waals surface area contributed by atoms with Crippen LogP contribution < -0.4 is 0 Å². The summed E-state index contributed by atoms with van der Waals surface area (Å²) in [5.74, 6) is -5.69. The molecule has 132 valence electrons. The van der Waals surface area contributed by atoms with Crippen LogP contribution in [-0.2, 0) is 4.74 Å². The van der Waals surface area contributed by atoms with Crippen molar-refractivity contribution in [3.63, 3.8) is 0 Å². The lowest BCUT2D eigenvalue weighted by Gasteiger charge is -2.42. The van der Waals surface area contributed by atoms with Crippen molar-refractivity contribution in [2.24, 2.45) is 5.92 Å². The van der Waals surface area contributed by atoms with Crippen molar-refractivity contribution >= 4 is 0 Å². The standard InChI is InChI=1S/C11H14F9NO/c1-5(2)9(13,14)8(12)21-3-6(10(15,16)17)22-7(4-21)11(18,19)20/h5-8H,3-4H2,1-2H3. The van der Waals surface area contributed by atoms with Crippen molar-refractivity contribution in [1.82, 2.24) is 4.90 Å². The van der Waals surface area contributed by atoms with E-state index in [1.807, 2.05) is 0 Å². The molecule has 3 unspecified atom stereocenters. The molecule has 0 radical (unpaired) electrons. The van der Waals surface area contributed by atoms with Gasteiger partial charge in [0.1, 0.15) is 0 Å². The Labute approximate surface area is 120 Å². The average Bonchev–Trinajstić information content (AvgIpc) is 2.34. The second-order valence-electron chi connectivity index (χ2n) is 5.32. The van der Waals surface area contributed by atoms with Gasteiger partial charge < -0.3 is 4.74 Å². The van der Waals surface area contributed by atoms with Gasteiger partial charge in [-0.2, -0.15) is 26.3 Å². The maximum absolute atomic E-state index is 13.8. The molecule has 0 amide bonds.